The number of nitrogens with zero attached hydrogens (tertiary/aromatic N) is 2. The van der Waals surface area contributed by atoms with E-state index in [1.165, 1.54) is 0 Å². The van der Waals surface area contributed by atoms with Crippen LogP contribution in [-0.4, -0.2) is 65.8 Å². The molecule has 20 heavy (non-hydrogen) atoms. The van der Waals surface area contributed by atoms with Crippen LogP contribution >= 0.6 is 0 Å². The molecule has 116 valence electrons. The molecule has 0 fully saturated rings. The summed E-state index contributed by atoms with van der Waals surface area (Å²) in [7, 11) is 0. The van der Waals surface area contributed by atoms with Gasteiger partial charge in [-0.05, 0) is 26.2 Å². The first-order chi connectivity index (χ1) is 9.49. The molecule has 1 N–H and O–H groups in total. The number of carbonyl (C=O) groups is 2. The molecule has 6 nitrogen and oxygen atoms in total. The van der Waals surface area contributed by atoms with Gasteiger partial charge >= 0.3 is 11.9 Å². The Bertz CT molecular complexity index is 311. The van der Waals surface area contributed by atoms with Crippen LogP contribution < -0.4 is 0 Å². The molecule has 0 aromatic rings. The Labute approximate surface area is 121 Å². The minimum absolute atomic E-state index is 0.0159. The number of rotatable bonds is 10. The van der Waals surface area contributed by atoms with Crippen molar-refractivity contribution in [3.63, 3.8) is 0 Å². The molecule has 0 unspecified atom stereocenters. The van der Waals surface area contributed by atoms with E-state index in [0.717, 1.165) is 38.3 Å². The number of aliphatic carboxylic acids is 1. The standard InChI is InChI=1S/C14H26N2O4/c1-5-15(6-2)12(16(7-3)8-4)11-20-14(19)10-9-13(17)18/h9-10,12H,5-8,11H2,1-4H3,(H,17,18). The number of hydrogen-bond donors (Lipinski definition) is 1. The van der Waals surface area contributed by atoms with E-state index in [2.05, 4.69) is 37.5 Å². The van der Waals surface area contributed by atoms with Crippen molar-refractivity contribution in [2.45, 2.75) is 33.9 Å². The summed E-state index contributed by atoms with van der Waals surface area (Å²) in [5.74, 6) is -1.79. The Morgan fingerprint density at radius 3 is 1.80 bits per heavy atom. The summed E-state index contributed by atoms with van der Waals surface area (Å²) in [6, 6.07) is 0. The number of carboxylic acid groups (broad SMARTS) is 1. The topological polar surface area (TPSA) is 70.1 Å². The first-order valence-electron chi connectivity index (χ1n) is 7.05. The van der Waals surface area contributed by atoms with Crippen LogP contribution in [0.4, 0.5) is 0 Å². The summed E-state index contributed by atoms with van der Waals surface area (Å²) in [5.41, 5.74) is 0. The lowest BCUT2D eigenvalue weighted by atomic mass is 10.3. The quantitative estimate of drug-likeness (QED) is 0.369. The Morgan fingerprint density at radius 1 is 1.00 bits per heavy atom. The van der Waals surface area contributed by atoms with Crippen LogP contribution in [-0.2, 0) is 14.3 Å². The van der Waals surface area contributed by atoms with Gasteiger partial charge < -0.3 is 9.84 Å². The Kier molecular flexibility index (Phi) is 9.67. The van der Waals surface area contributed by atoms with E-state index in [4.69, 9.17) is 9.84 Å². The third-order valence-electron chi connectivity index (χ3n) is 3.20. The van der Waals surface area contributed by atoms with Gasteiger partial charge in [-0.1, -0.05) is 27.7 Å². The van der Waals surface area contributed by atoms with Crippen LogP contribution in [0.2, 0.25) is 0 Å². The first-order valence-corrected chi connectivity index (χ1v) is 7.05. The van der Waals surface area contributed by atoms with Crippen LogP contribution in [0.25, 0.3) is 0 Å². The predicted octanol–water partition coefficient (Wildman–Crippen LogP) is 1.18. The zero-order valence-electron chi connectivity index (χ0n) is 12.8. The van der Waals surface area contributed by atoms with E-state index >= 15 is 0 Å². The van der Waals surface area contributed by atoms with Crippen molar-refractivity contribution in [2.24, 2.45) is 0 Å². The highest BCUT2D eigenvalue weighted by molar-refractivity contribution is 5.90. The highest BCUT2D eigenvalue weighted by atomic mass is 16.5. The summed E-state index contributed by atoms with van der Waals surface area (Å²) < 4.78 is 5.15. The number of likely N-dealkylation sites (N-methyl/N-ethyl adjacent to an activating group) is 2. The molecule has 0 aromatic carbocycles. The minimum atomic E-state index is -1.16. The Morgan fingerprint density at radius 2 is 1.45 bits per heavy atom. The molecule has 0 atom stereocenters. The Hall–Kier alpha value is -1.40. The summed E-state index contributed by atoms with van der Waals surface area (Å²) >= 11 is 0. The van der Waals surface area contributed by atoms with Gasteiger partial charge in [-0.15, -0.1) is 0 Å². The first kappa shape index (κ1) is 18.6. The smallest absolute Gasteiger partial charge is 0.331 e. The largest absolute Gasteiger partial charge is 0.478 e. The van der Waals surface area contributed by atoms with Crippen LogP contribution in [0.1, 0.15) is 27.7 Å². The predicted molar refractivity (Wildman–Crippen MR) is 77.4 cm³/mol. The van der Waals surface area contributed by atoms with Crippen molar-refractivity contribution < 1.29 is 19.4 Å². The molecule has 0 radical (unpaired) electrons. The summed E-state index contributed by atoms with van der Waals surface area (Å²) in [6.07, 6.45) is 1.73. The molecule has 0 bridgehead atoms. The molecular weight excluding hydrogens is 260 g/mol. The Balaban J connectivity index is 4.64. The van der Waals surface area contributed by atoms with E-state index in [1.807, 2.05) is 0 Å². The summed E-state index contributed by atoms with van der Waals surface area (Å²) in [5, 5.41) is 8.46. The molecule has 0 spiro atoms. The van der Waals surface area contributed by atoms with Crippen LogP contribution in [0.3, 0.4) is 0 Å². The second kappa shape index (κ2) is 10.4. The van der Waals surface area contributed by atoms with Crippen molar-refractivity contribution in [3.8, 4) is 0 Å². The van der Waals surface area contributed by atoms with Gasteiger partial charge in [0.05, 0.1) is 6.17 Å². The molecule has 0 saturated heterocycles. The van der Waals surface area contributed by atoms with E-state index in [9.17, 15) is 9.59 Å². The van der Waals surface area contributed by atoms with Crippen molar-refractivity contribution >= 4 is 11.9 Å². The van der Waals surface area contributed by atoms with Crippen LogP contribution in [0.15, 0.2) is 12.2 Å². The maximum Gasteiger partial charge on any atom is 0.331 e. The van der Waals surface area contributed by atoms with Gasteiger partial charge in [0.2, 0.25) is 0 Å². The highest BCUT2D eigenvalue weighted by Crippen LogP contribution is 2.07. The van der Waals surface area contributed by atoms with Crippen molar-refractivity contribution in [2.75, 3.05) is 32.8 Å². The van der Waals surface area contributed by atoms with Crippen LogP contribution in [0, 0.1) is 0 Å². The fourth-order valence-electron chi connectivity index (χ4n) is 2.08. The zero-order chi connectivity index (χ0) is 15.5. The summed E-state index contributed by atoms with van der Waals surface area (Å²) in [6.45, 7) is 11.9. The minimum Gasteiger partial charge on any atom is -0.478 e. The van der Waals surface area contributed by atoms with Gasteiger partial charge in [-0.2, -0.15) is 0 Å². The number of carboxylic acids is 1. The molecule has 0 aliphatic rings. The molecule has 6 heteroatoms. The lowest BCUT2D eigenvalue weighted by Crippen LogP contribution is -2.51. The van der Waals surface area contributed by atoms with Crippen molar-refractivity contribution in [1.29, 1.82) is 0 Å². The van der Waals surface area contributed by atoms with Gasteiger partial charge in [0.1, 0.15) is 6.61 Å². The van der Waals surface area contributed by atoms with E-state index < -0.39 is 11.9 Å². The molecule has 0 aliphatic carbocycles. The average Bonchev–Trinajstić information content (AvgIpc) is 2.44. The SMILES string of the molecule is CCN(CC)C(COC(=O)C=CC(=O)O)N(CC)CC. The third-order valence-corrected chi connectivity index (χ3v) is 3.20. The van der Waals surface area contributed by atoms with E-state index in [-0.39, 0.29) is 12.8 Å². The van der Waals surface area contributed by atoms with Gasteiger partial charge in [-0.25, -0.2) is 9.59 Å². The van der Waals surface area contributed by atoms with E-state index in [1.54, 1.807) is 0 Å². The monoisotopic (exact) mass is 286 g/mol. The summed E-state index contributed by atoms with van der Waals surface area (Å²) in [4.78, 5) is 26.2. The molecule has 0 rings (SSSR count). The third kappa shape index (κ3) is 6.68. The molecule has 0 saturated carbocycles. The normalized spacial score (nSPS) is 11.8. The lowest BCUT2D eigenvalue weighted by Gasteiger charge is -2.37. The van der Waals surface area contributed by atoms with Gasteiger partial charge in [-0.3, -0.25) is 9.80 Å². The van der Waals surface area contributed by atoms with Gasteiger partial charge in [0, 0.05) is 12.2 Å². The average molecular weight is 286 g/mol. The molecule has 0 aromatic heterocycles. The second-order valence-corrected chi connectivity index (χ2v) is 4.22. The lowest BCUT2D eigenvalue weighted by molar-refractivity contribution is -0.142. The van der Waals surface area contributed by atoms with E-state index in [0.29, 0.717) is 0 Å². The fourth-order valence-corrected chi connectivity index (χ4v) is 2.08. The van der Waals surface area contributed by atoms with Crippen molar-refractivity contribution in [1.82, 2.24) is 9.80 Å². The number of hydrogen-bond acceptors (Lipinski definition) is 5. The number of ether oxygens (including phenoxy) is 1. The second-order valence-electron chi connectivity index (χ2n) is 4.22. The van der Waals surface area contributed by atoms with Gasteiger partial charge in [0.15, 0.2) is 0 Å². The van der Waals surface area contributed by atoms with Gasteiger partial charge in [0.25, 0.3) is 0 Å². The molecule has 0 amide bonds. The highest BCUT2D eigenvalue weighted by Gasteiger charge is 2.22. The van der Waals surface area contributed by atoms with Crippen LogP contribution in [0.5, 0.6) is 0 Å². The maximum absolute atomic E-state index is 11.4. The molecule has 0 aliphatic heterocycles. The number of esters is 1. The zero-order valence-corrected chi connectivity index (χ0v) is 12.8. The molecule has 0 heterocycles. The number of carbonyl (C=O) groups excluding carboxylic acids is 1. The van der Waals surface area contributed by atoms with Crippen molar-refractivity contribution in [3.05, 3.63) is 12.2 Å². The molecular formula is C14H26N2O4. The fraction of sp³-hybridized carbons (Fsp3) is 0.714. The maximum atomic E-state index is 11.4.